The molecule has 1 aromatic carbocycles. The van der Waals surface area contributed by atoms with E-state index in [1.807, 2.05) is 0 Å². The van der Waals surface area contributed by atoms with Crippen LogP contribution < -0.4 is 0 Å². The number of sulfone groups is 1. The van der Waals surface area contributed by atoms with Gasteiger partial charge in [-0.1, -0.05) is 18.6 Å². The first-order chi connectivity index (χ1) is 9.38. The fourth-order valence-electron chi connectivity index (χ4n) is 2.69. The molecule has 112 valence electrons. The van der Waals surface area contributed by atoms with Gasteiger partial charge in [-0.3, -0.25) is 4.90 Å². The monoisotopic (exact) mass is 297 g/mol. The molecule has 0 bridgehead atoms. The summed E-state index contributed by atoms with van der Waals surface area (Å²) in [6.07, 6.45) is 4.25. The van der Waals surface area contributed by atoms with Crippen LogP contribution in [0.3, 0.4) is 0 Å². The summed E-state index contributed by atoms with van der Waals surface area (Å²) in [5.41, 5.74) is 0.773. The summed E-state index contributed by atoms with van der Waals surface area (Å²) < 4.78 is 22.8. The second kappa shape index (κ2) is 6.24. The summed E-state index contributed by atoms with van der Waals surface area (Å²) in [7, 11) is -3.17. The molecule has 4 nitrogen and oxygen atoms in total. The van der Waals surface area contributed by atoms with Crippen LogP contribution in [0.25, 0.3) is 0 Å². The van der Waals surface area contributed by atoms with E-state index in [-0.39, 0.29) is 0 Å². The highest BCUT2D eigenvalue weighted by Crippen LogP contribution is 2.22. The SMILES string of the molecule is CC1CCCCN1CC(O)c1ccc(S(C)(=O)=O)cc1. The zero-order valence-electron chi connectivity index (χ0n) is 12.1. The van der Waals surface area contributed by atoms with Crippen molar-refractivity contribution in [3.63, 3.8) is 0 Å². The summed E-state index contributed by atoms with van der Waals surface area (Å²) >= 11 is 0. The highest BCUT2D eigenvalue weighted by atomic mass is 32.2. The Labute approximate surface area is 121 Å². The fraction of sp³-hybridized carbons (Fsp3) is 0.600. The smallest absolute Gasteiger partial charge is 0.175 e. The Bertz CT molecular complexity index is 539. The first-order valence-corrected chi connectivity index (χ1v) is 8.99. The van der Waals surface area contributed by atoms with Crippen molar-refractivity contribution in [2.75, 3.05) is 19.3 Å². The molecule has 0 amide bonds. The molecule has 5 heteroatoms. The zero-order valence-corrected chi connectivity index (χ0v) is 12.9. The average molecular weight is 297 g/mol. The summed E-state index contributed by atoms with van der Waals surface area (Å²) in [6.45, 7) is 3.83. The van der Waals surface area contributed by atoms with Crippen molar-refractivity contribution < 1.29 is 13.5 Å². The van der Waals surface area contributed by atoms with Crippen LogP contribution in [0, 0.1) is 0 Å². The van der Waals surface area contributed by atoms with E-state index in [9.17, 15) is 13.5 Å². The van der Waals surface area contributed by atoms with Gasteiger partial charge in [0.2, 0.25) is 0 Å². The zero-order chi connectivity index (χ0) is 14.8. The summed E-state index contributed by atoms with van der Waals surface area (Å²) in [5, 5.41) is 10.3. The molecular weight excluding hydrogens is 274 g/mol. The second-order valence-electron chi connectivity index (χ2n) is 5.70. The van der Waals surface area contributed by atoms with E-state index in [0.717, 1.165) is 12.1 Å². The maximum absolute atomic E-state index is 11.4. The number of hydrogen-bond acceptors (Lipinski definition) is 4. The van der Waals surface area contributed by atoms with Crippen LogP contribution in [0.1, 0.15) is 37.9 Å². The molecule has 20 heavy (non-hydrogen) atoms. The van der Waals surface area contributed by atoms with E-state index in [4.69, 9.17) is 0 Å². The molecule has 1 aliphatic heterocycles. The molecule has 2 atom stereocenters. The molecule has 1 heterocycles. The lowest BCUT2D eigenvalue weighted by Crippen LogP contribution is -2.40. The first kappa shape index (κ1) is 15.5. The van der Waals surface area contributed by atoms with Gasteiger partial charge in [-0.15, -0.1) is 0 Å². The third kappa shape index (κ3) is 3.81. The lowest BCUT2D eigenvalue weighted by atomic mass is 10.0. The quantitative estimate of drug-likeness (QED) is 0.923. The molecule has 1 N–H and O–H groups in total. The number of benzene rings is 1. The molecule has 1 fully saturated rings. The molecule has 1 saturated heterocycles. The number of β-amino-alcohol motifs (C(OH)–C–C–N with tert-alkyl or cyclic N) is 1. The Morgan fingerprint density at radius 1 is 1.30 bits per heavy atom. The highest BCUT2D eigenvalue weighted by molar-refractivity contribution is 7.90. The molecule has 2 unspecified atom stereocenters. The Balaban J connectivity index is 2.03. The molecule has 0 spiro atoms. The Morgan fingerprint density at radius 2 is 1.95 bits per heavy atom. The minimum absolute atomic E-state index is 0.291. The van der Waals surface area contributed by atoms with Crippen molar-refractivity contribution in [2.45, 2.75) is 43.2 Å². The van der Waals surface area contributed by atoms with Gasteiger partial charge in [0.25, 0.3) is 0 Å². The standard InChI is InChI=1S/C15H23NO3S/c1-12-5-3-4-10-16(12)11-15(17)13-6-8-14(9-7-13)20(2,18)19/h6-9,12,15,17H,3-5,10-11H2,1-2H3. The third-order valence-electron chi connectivity index (χ3n) is 4.04. The van der Waals surface area contributed by atoms with E-state index in [1.165, 1.54) is 25.5 Å². The Hall–Kier alpha value is -0.910. The van der Waals surface area contributed by atoms with Crippen molar-refractivity contribution in [1.29, 1.82) is 0 Å². The van der Waals surface area contributed by atoms with Crippen LogP contribution in [-0.4, -0.2) is 43.8 Å². The number of hydrogen-bond donors (Lipinski definition) is 1. The van der Waals surface area contributed by atoms with Crippen LogP contribution in [0.5, 0.6) is 0 Å². The second-order valence-corrected chi connectivity index (χ2v) is 7.71. The Kier molecular flexibility index (Phi) is 4.83. The number of likely N-dealkylation sites (tertiary alicyclic amines) is 1. The normalized spacial score (nSPS) is 22.6. The van der Waals surface area contributed by atoms with E-state index in [1.54, 1.807) is 24.3 Å². The van der Waals surface area contributed by atoms with Gasteiger partial charge in [-0.2, -0.15) is 0 Å². The number of rotatable bonds is 4. The van der Waals surface area contributed by atoms with Crippen LogP contribution in [-0.2, 0) is 9.84 Å². The third-order valence-corrected chi connectivity index (χ3v) is 5.17. The predicted molar refractivity (Wildman–Crippen MR) is 79.4 cm³/mol. The molecule has 0 aliphatic carbocycles. The van der Waals surface area contributed by atoms with Crippen molar-refractivity contribution in [3.05, 3.63) is 29.8 Å². The highest BCUT2D eigenvalue weighted by Gasteiger charge is 2.21. The lowest BCUT2D eigenvalue weighted by molar-refractivity contribution is 0.0732. The maximum Gasteiger partial charge on any atom is 0.175 e. The van der Waals surface area contributed by atoms with Gasteiger partial charge in [0.15, 0.2) is 9.84 Å². The fourth-order valence-corrected chi connectivity index (χ4v) is 3.32. The minimum atomic E-state index is -3.17. The minimum Gasteiger partial charge on any atom is -0.387 e. The maximum atomic E-state index is 11.4. The molecule has 0 aromatic heterocycles. The largest absolute Gasteiger partial charge is 0.387 e. The van der Waals surface area contributed by atoms with Crippen molar-refractivity contribution in [2.24, 2.45) is 0 Å². The van der Waals surface area contributed by atoms with E-state index in [0.29, 0.717) is 17.5 Å². The van der Waals surface area contributed by atoms with E-state index < -0.39 is 15.9 Å². The summed E-state index contributed by atoms with van der Waals surface area (Å²) in [6, 6.07) is 7.04. The van der Waals surface area contributed by atoms with Gasteiger partial charge in [-0.25, -0.2) is 8.42 Å². The van der Waals surface area contributed by atoms with Gasteiger partial charge >= 0.3 is 0 Å². The molecule has 0 saturated carbocycles. The van der Waals surface area contributed by atoms with Gasteiger partial charge in [-0.05, 0) is 44.0 Å². The van der Waals surface area contributed by atoms with E-state index in [2.05, 4.69) is 11.8 Å². The lowest BCUT2D eigenvalue weighted by Gasteiger charge is -2.34. The molecule has 1 aliphatic rings. The predicted octanol–water partition coefficient (Wildman–Crippen LogP) is 2.00. The number of nitrogens with zero attached hydrogens (tertiary/aromatic N) is 1. The summed E-state index contributed by atoms with van der Waals surface area (Å²) in [5.74, 6) is 0. The average Bonchev–Trinajstić information content (AvgIpc) is 2.40. The van der Waals surface area contributed by atoms with Gasteiger partial charge < -0.3 is 5.11 Å². The van der Waals surface area contributed by atoms with E-state index >= 15 is 0 Å². The molecule has 2 rings (SSSR count). The number of aliphatic hydroxyl groups is 1. The Morgan fingerprint density at radius 3 is 2.50 bits per heavy atom. The number of aliphatic hydroxyl groups excluding tert-OH is 1. The van der Waals surface area contributed by atoms with Gasteiger partial charge in [0.1, 0.15) is 0 Å². The molecule has 0 radical (unpaired) electrons. The van der Waals surface area contributed by atoms with Crippen LogP contribution >= 0.6 is 0 Å². The summed E-state index contributed by atoms with van der Waals surface area (Å²) in [4.78, 5) is 2.60. The van der Waals surface area contributed by atoms with Crippen LogP contribution in [0.2, 0.25) is 0 Å². The first-order valence-electron chi connectivity index (χ1n) is 7.10. The van der Waals surface area contributed by atoms with Crippen molar-refractivity contribution in [3.8, 4) is 0 Å². The van der Waals surface area contributed by atoms with Crippen molar-refractivity contribution in [1.82, 2.24) is 4.90 Å². The molecule has 1 aromatic rings. The van der Waals surface area contributed by atoms with Gasteiger partial charge in [0, 0.05) is 18.8 Å². The number of piperidine rings is 1. The van der Waals surface area contributed by atoms with Crippen LogP contribution in [0.15, 0.2) is 29.2 Å². The molecular formula is C15H23NO3S. The van der Waals surface area contributed by atoms with Crippen molar-refractivity contribution >= 4 is 9.84 Å². The van der Waals surface area contributed by atoms with Crippen LogP contribution in [0.4, 0.5) is 0 Å². The topological polar surface area (TPSA) is 57.6 Å². The van der Waals surface area contributed by atoms with Gasteiger partial charge in [0.05, 0.1) is 11.0 Å².